The molecule has 14 heteroatoms. The van der Waals surface area contributed by atoms with Crippen LogP contribution >= 0.6 is 39.0 Å². The molecule has 226 valence electrons. The molecular weight excluding hydrogens is 670 g/mol. The van der Waals surface area contributed by atoms with Gasteiger partial charge in [0.15, 0.2) is 9.96 Å². The fourth-order valence-corrected chi connectivity index (χ4v) is 7.22. The summed E-state index contributed by atoms with van der Waals surface area (Å²) in [6, 6.07) is 11.0. The van der Waals surface area contributed by atoms with Crippen molar-refractivity contribution in [3.8, 4) is 5.75 Å². The second-order valence-corrected chi connectivity index (χ2v) is 12.6. The fourth-order valence-electron chi connectivity index (χ4n) is 4.85. The molecule has 5 rings (SSSR count). The number of aromatic nitrogens is 3. The topological polar surface area (TPSA) is 139 Å². The van der Waals surface area contributed by atoms with Gasteiger partial charge in [0.1, 0.15) is 11.8 Å². The summed E-state index contributed by atoms with van der Waals surface area (Å²) in [5.74, 6) is -0.118. The molecule has 0 bridgehead atoms. The van der Waals surface area contributed by atoms with Crippen LogP contribution in [0, 0.1) is 24.0 Å². The van der Waals surface area contributed by atoms with E-state index in [0.717, 1.165) is 39.0 Å². The lowest BCUT2D eigenvalue weighted by molar-refractivity contribution is -0.387. The summed E-state index contributed by atoms with van der Waals surface area (Å²) in [5, 5.41) is 12.5. The highest BCUT2D eigenvalue weighted by Gasteiger charge is 2.35. The van der Waals surface area contributed by atoms with E-state index in [1.165, 1.54) is 17.7 Å². The molecule has 1 aliphatic heterocycles. The number of thiazole rings is 1. The average Bonchev–Trinajstić information content (AvgIpc) is 3.26. The highest BCUT2D eigenvalue weighted by atomic mass is 79.9. The Balaban J connectivity index is 1.65. The fraction of sp³-hybridized carbons (Fsp3) is 0.233. The number of halogens is 1. The van der Waals surface area contributed by atoms with Gasteiger partial charge in [-0.05, 0) is 81.4 Å². The van der Waals surface area contributed by atoms with Crippen LogP contribution in [0.4, 0.5) is 5.69 Å². The molecule has 1 atom stereocenters. The number of benzene rings is 2. The van der Waals surface area contributed by atoms with E-state index in [2.05, 4.69) is 30.9 Å². The molecular formula is C30H26BrN5O6S2. The third kappa shape index (κ3) is 6.23. The number of carbonyl (C=O) groups is 1. The zero-order chi connectivity index (χ0) is 31.7. The number of nitro benzene ring substituents is 1. The predicted octanol–water partition coefficient (Wildman–Crippen LogP) is 5.04. The van der Waals surface area contributed by atoms with Crippen LogP contribution in [0.3, 0.4) is 0 Å². The zero-order valence-corrected chi connectivity index (χ0v) is 27.5. The smallest absolute Gasteiger partial charge is 0.338 e. The third-order valence-electron chi connectivity index (χ3n) is 6.64. The Kier molecular flexibility index (Phi) is 9.13. The number of ether oxygens (including phenoxy) is 2. The van der Waals surface area contributed by atoms with Gasteiger partial charge in [0.05, 0.1) is 39.3 Å². The maximum Gasteiger partial charge on any atom is 0.338 e. The maximum absolute atomic E-state index is 14.0. The monoisotopic (exact) mass is 695 g/mol. The number of carbonyl (C=O) groups excluding carboxylic acids is 1. The number of fused-ring (bicyclic) bond motifs is 1. The van der Waals surface area contributed by atoms with Crippen LogP contribution in [0.1, 0.15) is 42.4 Å². The number of esters is 1. The Morgan fingerprint density at radius 3 is 2.55 bits per heavy atom. The summed E-state index contributed by atoms with van der Waals surface area (Å²) >= 11 is 5.71. The Labute approximate surface area is 268 Å². The maximum atomic E-state index is 14.0. The summed E-state index contributed by atoms with van der Waals surface area (Å²) in [6.45, 7) is 7.21. The standard InChI is InChI=1S/C30H26BrN5O6S2/c1-6-42-28(38)25-17(4)34-30-35(26(25)20-14-19(31)8-9-22(20)41-5)27(37)24(44-30)13-18-7-10-23(21(12-18)36(39)40)43-29-32-15(2)11-16(3)33-29/h7-14,26H,6H2,1-5H3/b24-13-/t26-/m1/s1. The Morgan fingerprint density at radius 2 is 1.89 bits per heavy atom. The van der Waals surface area contributed by atoms with E-state index < -0.39 is 22.5 Å². The van der Waals surface area contributed by atoms with Crippen molar-refractivity contribution in [3.63, 3.8) is 0 Å². The van der Waals surface area contributed by atoms with E-state index in [0.29, 0.717) is 37.4 Å². The Bertz CT molecular complexity index is 2020. The molecule has 3 heterocycles. The van der Waals surface area contributed by atoms with Crippen LogP contribution in [-0.2, 0) is 9.53 Å². The van der Waals surface area contributed by atoms with Gasteiger partial charge in [-0.2, -0.15) is 0 Å². The van der Waals surface area contributed by atoms with Gasteiger partial charge < -0.3 is 9.47 Å². The van der Waals surface area contributed by atoms with Gasteiger partial charge in [-0.25, -0.2) is 19.8 Å². The molecule has 0 aliphatic carbocycles. The van der Waals surface area contributed by atoms with Crippen molar-refractivity contribution in [2.75, 3.05) is 13.7 Å². The summed E-state index contributed by atoms with van der Waals surface area (Å²) in [6.07, 6.45) is 1.58. The molecule has 0 N–H and O–H groups in total. The van der Waals surface area contributed by atoms with E-state index in [4.69, 9.17) is 9.47 Å². The lowest BCUT2D eigenvalue weighted by Gasteiger charge is -2.26. The first-order valence-electron chi connectivity index (χ1n) is 13.3. The van der Waals surface area contributed by atoms with E-state index in [-0.39, 0.29) is 22.4 Å². The lowest BCUT2D eigenvalue weighted by atomic mass is 9.95. The SMILES string of the molecule is CCOC(=O)C1=C(C)N=c2s/c(=C\c3ccc(Sc4nc(C)cc(C)n4)c([N+](=O)[O-])c3)c(=O)n2[C@@H]1c1cc(Br)ccc1OC. The van der Waals surface area contributed by atoms with Crippen LogP contribution in [-0.4, -0.2) is 39.1 Å². The zero-order valence-electron chi connectivity index (χ0n) is 24.3. The van der Waals surface area contributed by atoms with Gasteiger partial charge in [-0.3, -0.25) is 19.5 Å². The van der Waals surface area contributed by atoms with Crippen molar-refractivity contribution in [2.45, 2.75) is 43.8 Å². The predicted molar refractivity (Wildman–Crippen MR) is 170 cm³/mol. The number of rotatable bonds is 8. The minimum Gasteiger partial charge on any atom is -0.496 e. The third-order valence-corrected chi connectivity index (χ3v) is 9.05. The molecule has 0 spiro atoms. The van der Waals surface area contributed by atoms with Crippen molar-refractivity contribution in [1.29, 1.82) is 0 Å². The van der Waals surface area contributed by atoms with Crippen LogP contribution < -0.4 is 19.6 Å². The molecule has 0 fully saturated rings. The minimum absolute atomic E-state index is 0.142. The number of allylic oxidation sites excluding steroid dienone is 1. The van der Waals surface area contributed by atoms with E-state index in [9.17, 15) is 19.7 Å². The van der Waals surface area contributed by atoms with Gasteiger partial charge >= 0.3 is 5.97 Å². The summed E-state index contributed by atoms with van der Waals surface area (Å²) < 4.78 is 13.4. The first kappa shape index (κ1) is 31.3. The normalized spacial score (nSPS) is 14.7. The van der Waals surface area contributed by atoms with Crippen LogP contribution in [0.2, 0.25) is 0 Å². The molecule has 0 unspecified atom stereocenters. The molecule has 0 radical (unpaired) electrons. The van der Waals surface area contributed by atoms with Crippen molar-refractivity contribution in [2.24, 2.45) is 4.99 Å². The molecule has 44 heavy (non-hydrogen) atoms. The van der Waals surface area contributed by atoms with Crippen molar-refractivity contribution < 1.29 is 19.2 Å². The average molecular weight is 697 g/mol. The van der Waals surface area contributed by atoms with Gasteiger partial charge in [-0.1, -0.05) is 33.3 Å². The Morgan fingerprint density at radius 1 is 1.16 bits per heavy atom. The number of methoxy groups -OCH3 is 1. The number of hydrogen-bond donors (Lipinski definition) is 0. The van der Waals surface area contributed by atoms with Gasteiger partial charge in [0, 0.05) is 27.5 Å². The van der Waals surface area contributed by atoms with Gasteiger partial charge in [0.25, 0.3) is 11.2 Å². The number of hydrogen-bond acceptors (Lipinski definition) is 11. The number of nitro groups is 1. The highest BCUT2D eigenvalue weighted by Crippen LogP contribution is 2.38. The van der Waals surface area contributed by atoms with E-state index >= 15 is 0 Å². The first-order chi connectivity index (χ1) is 21.0. The van der Waals surface area contributed by atoms with Crippen LogP contribution in [0.25, 0.3) is 6.08 Å². The molecule has 4 aromatic rings. The lowest BCUT2D eigenvalue weighted by Crippen LogP contribution is -2.40. The molecule has 0 amide bonds. The Hall–Kier alpha value is -4.14. The summed E-state index contributed by atoms with van der Waals surface area (Å²) in [5.41, 5.74) is 2.60. The van der Waals surface area contributed by atoms with Crippen LogP contribution in [0.5, 0.6) is 5.75 Å². The molecule has 2 aromatic heterocycles. The van der Waals surface area contributed by atoms with Gasteiger partial charge in [0.2, 0.25) is 0 Å². The highest BCUT2D eigenvalue weighted by molar-refractivity contribution is 9.10. The number of nitrogens with zero attached hydrogens (tertiary/aromatic N) is 5. The summed E-state index contributed by atoms with van der Waals surface area (Å²) in [7, 11) is 1.51. The van der Waals surface area contributed by atoms with Gasteiger partial charge in [-0.15, -0.1) is 0 Å². The second-order valence-electron chi connectivity index (χ2n) is 9.71. The summed E-state index contributed by atoms with van der Waals surface area (Å²) in [4.78, 5) is 52.9. The van der Waals surface area contributed by atoms with Crippen molar-refractivity contribution in [3.05, 3.63) is 111 Å². The number of aryl methyl sites for hydroxylation is 2. The quantitative estimate of drug-likeness (QED) is 0.107. The second kappa shape index (κ2) is 12.8. The minimum atomic E-state index is -0.884. The van der Waals surface area contributed by atoms with E-state index in [1.54, 1.807) is 50.3 Å². The largest absolute Gasteiger partial charge is 0.496 e. The molecule has 11 nitrogen and oxygen atoms in total. The van der Waals surface area contributed by atoms with Crippen LogP contribution in [0.15, 0.2) is 78.0 Å². The molecule has 1 aliphatic rings. The molecule has 2 aromatic carbocycles. The van der Waals surface area contributed by atoms with Crippen molar-refractivity contribution in [1.82, 2.24) is 14.5 Å². The molecule has 0 saturated carbocycles. The molecule has 0 saturated heterocycles. The van der Waals surface area contributed by atoms with E-state index in [1.807, 2.05) is 19.9 Å². The van der Waals surface area contributed by atoms with Crippen molar-refractivity contribution >= 4 is 56.8 Å². The first-order valence-corrected chi connectivity index (χ1v) is 15.7.